The van der Waals surface area contributed by atoms with Gasteiger partial charge in [-0.05, 0) is 17.5 Å². The molecule has 0 saturated heterocycles. The summed E-state index contributed by atoms with van der Waals surface area (Å²) in [7, 11) is 0. The third kappa shape index (κ3) is 3.16. The molecular formula is C14H17NO2S. The highest BCUT2D eigenvalue weighted by Crippen LogP contribution is 2.32. The maximum Gasteiger partial charge on any atom is 0.123 e. The van der Waals surface area contributed by atoms with Crippen LogP contribution in [-0.4, -0.2) is 30.6 Å². The molecule has 96 valence electrons. The van der Waals surface area contributed by atoms with Crippen LogP contribution in [0.2, 0.25) is 0 Å². The first-order chi connectivity index (χ1) is 8.83. The molecule has 0 saturated carbocycles. The average Bonchev–Trinajstić information content (AvgIpc) is 2.41. The highest BCUT2D eigenvalue weighted by molar-refractivity contribution is 7.99. The number of hydrogen-bond donors (Lipinski definition) is 2. The van der Waals surface area contributed by atoms with Crippen LogP contribution in [0.5, 0.6) is 5.75 Å². The molecule has 3 N–H and O–H groups in total. The predicted octanol–water partition coefficient (Wildman–Crippen LogP) is 2.61. The maximum atomic E-state index is 9.79. The van der Waals surface area contributed by atoms with Crippen molar-refractivity contribution in [2.24, 2.45) is 5.73 Å². The molecule has 2 aromatic rings. The molecule has 0 unspecified atom stereocenters. The Balaban J connectivity index is 2.07. The fourth-order valence-electron chi connectivity index (χ4n) is 1.78. The van der Waals surface area contributed by atoms with Gasteiger partial charge in [0.2, 0.25) is 0 Å². The summed E-state index contributed by atoms with van der Waals surface area (Å²) < 4.78 is 5.35. The lowest BCUT2D eigenvalue weighted by Gasteiger charge is -2.08. The average molecular weight is 263 g/mol. The van der Waals surface area contributed by atoms with E-state index in [1.54, 1.807) is 17.8 Å². The van der Waals surface area contributed by atoms with Crippen molar-refractivity contribution in [2.75, 3.05) is 25.5 Å². The van der Waals surface area contributed by atoms with Crippen LogP contribution in [0.1, 0.15) is 0 Å². The van der Waals surface area contributed by atoms with Crippen molar-refractivity contribution in [1.29, 1.82) is 0 Å². The molecule has 0 spiro atoms. The van der Waals surface area contributed by atoms with Gasteiger partial charge in [-0.2, -0.15) is 0 Å². The maximum absolute atomic E-state index is 9.79. The number of aromatic hydroxyl groups is 1. The van der Waals surface area contributed by atoms with Gasteiger partial charge in [-0.25, -0.2) is 0 Å². The Morgan fingerprint density at radius 3 is 2.61 bits per heavy atom. The zero-order valence-electron chi connectivity index (χ0n) is 10.1. The van der Waals surface area contributed by atoms with Crippen LogP contribution in [0, 0.1) is 0 Å². The van der Waals surface area contributed by atoms with E-state index in [0.717, 1.165) is 16.5 Å². The molecule has 0 aliphatic heterocycles. The summed E-state index contributed by atoms with van der Waals surface area (Å²) in [5, 5.41) is 11.8. The number of phenols is 1. The smallest absolute Gasteiger partial charge is 0.123 e. The monoisotopic (exact) mass is 263 g/mol. The highest BCUT2D eigenvalue weighted by Gasteiger charge is 2.04. The Bertz CT molecular complexity index is 516. The number of hydrogen-bond acceptors (Lipinski definition) is 4. The topological polar surface area (TPSA) is 55.5 Å². The van der Waals surface area contributed by atoms with Crippen molar-refractivity contribution in [3.8, 4) is 5.75 Å². The number of rotatable bonds is 6. The van der Waals surface area contributed by atoms with Gasteiger partial charge in [0.1, 0.15) is 5.75 Å². The third-order valence-corrected chi connectivity index (χ3v) is 3.65. The molecule has 0 fully saturated rings. The summed E-state index contributed by atoms with van der Waals surface area (Å²) in [5.74, 6) is 1.21. The molecule has 2 rings (SSSR count). The minimum atomic E-state index is 0.328. The van der Waals surface area contributed by atoms with E-state index in [1.165, 1.54) is 4.90 Å². The van der Waals surface area contributed by atoms with Gasteiger partial charge >= 0.3 is 0 Å². The normalized spacial score (nSPS) is 10.9. The number of thioether (sulfide) groups is 1. The second-order valence-electron chi connectivity index (χ2n) is 3.88. The minimum Gasteiger partial charge on any atom is -0.507 e. The van der Waals surface area contributed by atoms with E-state index in [0.29, 0.717) is 25.5 Å². The molecule has 2 aromatic carbocycles. The van der Waals surface area contributed by atoms with Crippen LogP contribution in [0.4, 0.5) is 0 Å². The SMILES string of the molecule is NCCOCCSc1ccc(O)c2ccccc12. The Morgan fingerprint density at radius 1 is 1.06 bits per heavy atom. The van der Waals surface area contributed by atoms with Crippen molar-refractivity contribution in [1.82, 2.24) is 0 Å². The van der Waals surface area contributed by atoms with Gasteiger partial charge in [0.15, 0.2) is 0 Å². The Hall–Kier alpha value is -1.23. The van der Waals surface area contributed by atoms with E-state index >= 15 is 0 Å². The van der Waals surface area contributed by atoms with Crippen LogP contribution in [0.25, 0.3) is 10.8 Å². The number of fused-ring (bicyclic) bond motifs is 1. The molecule has 3 nitrogen and oxygen atoms in total. The van der Waals surface area contributed by atoms with Crippen LogP contribution in [-0.2, 0) is 4.74 Å². The fourth-order valence-corrected chi connectivity index (χ4v) is 2.70. The van der Waals surface area contributed by atoms with Crippen LogP contribution >= 0.6 is 11.8 Å². The number of phenolic OH excluding ortho intramolecular Hbond substituents is 1. The van der Waals surface area contributed by atoms with Gasteiger partial charge < -0.3 is 15.6 Å². The molecular weight excluding hydrogens is 246 g/mol. The lowest BCUT2D eigenvalue weighted by molar-refractivity contribution is 0.158. The predicted molar refractivity (Wildman–Crippen MR) is 76.2 cm³/mol. The molecule has 0 heterocycles. The number of ether oxygens (including phenoxy) is 1. The van der Waals surface area contributed by atoms with Crippen LogP contribution < -0.4 is 5.73 Å². The first-order valence-electron chi connectivity index (χ1n) is 5.94. The van der Waals surface area contributed by atoms with Gasteiger partial charge in [-0.3, -0.25) is 0 Å². The van der Waals surface area contributed by atoms with E-state index < -0.39 is 0 Å². The van der Waals surface area contributed by atoms with E-state index in [4.69, 9.17) is 10.5 Å². The highest BCUT2D eigenvalue weighted by atomic mass is 32.2. The number of nitrogens with two attached hydrogens (primary N) is 1. The van der Waals surface area contributed by atoms with Crippen molar-refractivity contribution < 1.29 is 9.84 Å². The summed E-state index contributed by atoms with van der Waals surface area (Å²) in [6.45, 7) is 1.86. The summed E-state index contributed by atoms with van der Waals surface area (Å²) in [5.41, 5.74) is 5.35. The summed E-state index contributed by atoms with van der Waals surface area (Å²) in [6, 6.07) is 11.6. The van der Waals surface area contributed by atoms with Gasteiger partial charge in [0.25, 0.3) is 0 Å². The molecule has 18 heavy (non-hydrogen) atoms. The lowest BCUT2D eigenvalue weighted by Crippen LogP contribution is -2.09. The standard InChI is InChI=1S/C14H17NO2S/c15-7-8-17-9-10-18-14-6-5-13(16)11-3-1-2-4-12(11)14/h1-6,16H,7-10,15H2. The van der Waals surface area contributed by atoms with E-state index in [-0.39, 0.29) is 0 Å². The van der Waals surface area contributed by atoms with E-state index in [1.807, 2.05) is 30.3 Å². The molecule has 0 aliphatic carbocycles. The Morgan fingerprint density at radius 2 is 1.83 bits per heavy atom. The second kappa shape index (κ2) is 6.64. The second-order valence-corrected chi connectivity index (χ2v) is 5.01. The van der Waals surface area contributed by atoms with Gasteiger partial charge in [0.05, 0.1) is 13.2 Å². The van der Waals surface area contributed by atoms with Crippen molar-refractivity contribution in [3.63, 3.8) is 0 Å². The number of benzene rings is 2. The molecule has 0 aromatic heterocycles. The van der Waals surface area contributed by atoms with Gasteiger partial charge in [0, 0.05) is 22.6 Å². The van der Waals surface area contributed by atoms with Crippen molar-refractivity contribution in [2.45, 2.75) is 4.90 Å². The first kappa shape index (κ1) is 13.2. The molecule has 0 amide bonds. The molecule has 0 bridgehead atoms. The third-order valence-electron chi connectivity index (χ3n) is 2.61. The zero-order chi connectivity index (χ0) is 12.8. The molecule has 0 radical (unpaired) electrons. The quantitative estimate of drug-likeness (QED) is 0.621. The van der Waals surface area contributed by atoms with Crippen molar-refractivity contribution in [3.05, 3.63) is 36.4 Å². The summed E-state index contributed by atoms with van der Waals surface area (Å²) >= 11 is 1.73. The Labute approximate surface area is 111 Å². The zero-order valence-corrected chi connectivity index (χ0v) is 11.0. The summed E-state index contributed by atoms with van der Waals surface area (Å²) in [4.78, 5) is 1.17. The van der Waals surface area contributed by atoms with Crippen molar-refractivity contribution >= 4 is 22.5 Å². The van der Waals surface area contributed by atoms with Gasteiger partial charge in [-0.1, -0.05) is 24.3 Å². The lowest BCUT2D eigenvalue weighted by atomic mass is 10.1. The summed E-state index contributed by atoms with van der Waals surface area (Å²) in [6.07, 6.45) is 0. The Kier molecular flexibility index (Phi) is 4.87. The van der Waals surface area contributed by atoms with Crippen LogP contribution in [0.15, 0.2) is 41.3 Å². The van der Waals surface area contributed by atoms with Gasteiger partial charge in [-0.15, -0.1) is 11.8 Å². The first-order valence-corrected chi connectivity index (χ1v) is 6.93. The molecule has 4 heteroatoms. The molecule has 0 aliphatic rings. The van der Waals surface area contributed by atoms with E-state index in [2.05, 4.69) is 0 Å². The minimum absolute atomic E-state index is 0.328. The van der Waals surface area contributed by atoms with Crippen LogP contribution in [0.3, 0.4) is 0 Å². The van der Waals surface area contributed by atoms with E-state index in [9.17, 15) is 5.11 Å². The molecule has 0 atom stereocenters. The largest absolute Gasteiger partial charge is 0.507 e. The fraction of sp³-hybridized carbons (Fsp3) is 0.286.